The fraction of sp³-hybridized carbons (Fsp3) is 0.417. The van der Waals surface area contributed by atoms with Crippen LogP contribution in [0.5, 0.6) is 0 Å². The highest BCUT2D eigenvalue weighted by Crippen LogP contribution is 2.11. The number of benzene rings is 1. The van der Waals surface area contributed by atoms with Gasteiger partial charge in [-0.05, 0) is 12.0 Å². The van der Waals surface area contributed by atoms with Crippen molar-refractivity contribution in [1.82, 2.24) is 5.32 Å². The Morgan fingerprint density at radius 1 is 1.44 bits per heavy atom. The van der Waals surface area contributed by atoms with Gasteiger partial charge in [-0.2, -0.15) is 0 Å². The van der Waals surface area contributed by atoms with Crippen molar-refractivity contribution >= 4 is 5.91 Å². The highest BCUT2D eigenvalue weighted by atomic mass is 16.5. The predicted molar refractivity (Wildman–Crippen MR) is 60.7 cm³/mol. The van der Waals surface area contributed by atoms with Crippen molar-refractivity contribution in [2.45, 2.75) is 18.5 Å². The summed E-state index contributed by atoms with van der Waals surface area (Å²) in [7, 11) is 0. The largest absolute Gasteiger partial charge is 0.379 e. The molecule has 0 spiro atoms. The van der Waals surface area contributed by atoms with Gasteiger partial charge in [0.05, 0.1) is 12.6 Å². The van der Waals surface area contributed by atoms with E-state index in [0.29, 0.717) is 13.2 Å². The third kappa shape index (κ3) is 2.59. The minimum absolute atomic E-state index is 0.113. The van der Waals surface area contributed by atoms with E-state index < -0.39 is 6.04 Å². The number of nitrogens with two attached hydrogens (primary N) is 1. The van der Waals surface area contributed by atoms with Gasteiger partial charge in [0.2, 0.25) is 5.91 Å². The molecular formula is C12H16N2O2. The average molecular weight is 220 g/mol. The topological polar surface area (TPSA) is 64.4 Å². The molecule has 2 atom stereocenters. The normalized spacial score (nSPS) is 21.7. The SMILES string of the molecule is N[C@H](C(=O)NC1CCOC1)c1ccccc1. The highest BCUT2D eigenvalue weighted by molar-refractivity contribution is 5.83. The fourth-order valence-corrected chi connectivity index (χ4v) is 1.75. The number of rotatable bonds is 3. The van der Waals surface area contributed by atoms with Gasteiger partial charge in [-0.3, -0.25) is 4.79 Å². The van der Waals surface area contributed by atoms with Crippen molar-refractivity contribution in [1.29, 1.82) is 0 Å². The maximum Gasteiger partial charge on any atom is 0.241 e. The van der Waals surface area contributed by atoms with Gasteiger partial charge in [0.15, 0.2) is 0 Å². The number of hydrogen-bond donors (Lipinski definition) is 2. The zero-order valence-electron chi connectivity index (χ0n) is 9.06. The van der Waals surface area contributed by atoms with Gasteiger partial charge >= 0.3 is 0 Å². The summed E-state index contributed by atoms with van der Waals surface area (Å²) in [4.78, 5) is 11.8. The molecule has 2 rings (SSSR count). The van der Waals surface area contributed by atoms with Gasteiger partial charge in [0.1, 0.15) is 6.04 Å². The molecular weight excluding hydrogens is 204 g/mol. The van der Waals surface area contributed by atoms with Crippen LogP contribution in [0.15, 0.2) is 30.3 Å². The number of ether oxygens (including phenoxy) is 1. The highest BCUT2D eigenvalue weighted by Gasteiger charge is 2.22. The first-order chi connectivity index (χ1) is 7.77. The van der Waals surface area contributed by atoms with E-state index in [1.807, 2.05) is 30.3 Å². The van der Waals surface area contributed by atoms with E-state index in [-0.39, 0.29) is 11.9 Å². The van der Waals surface area contributed by atoms with Crippen LogP contribution in [0.4, 0.5) is 0 Å². The molecule has 0 radical (unpaired) electrons. The van der Waals surface area contributed by atoms with Gasteiger partial charge in [0, 0.05) is 6.61 Å². The molecule has 1 aromatic carbocycles. The first-order valence-electron chi connectivity index (χ1n) is 5.46. The van der Waals surface area contributed by atoms with Crippen molar-refractivity contribution in [3.05, 3.63) is 35.9 Å². The molecule has 1 heterocycles. The summed E-state index contributed by atoms with van der Waals surface area (Å²) >= 11 is 0. The Labute approximate surface area is 94.8 Å². The van der Waals surface area contributed by atoms with Crippen molar-refractivity contribution in [3.63, 3.8) is 0 Å². The maximum absolute atomic E-state index is 11.8. The second-order valence-corrected chi connectivity index (χ2v) is 3.96. The summed E-state index contributed by atoms with van der Waals surface area (Å²) in [6.07, 6.45) is 0.868. The van der Waals surface area contributed by atoms with E-state index in [9.17, 15) is 4.79 Å². The second-order valence-electron chi connectivity index (χ2n) is 3.96. The molecule has 1 amide bonds. The van der Waals surface area contributed by atoms with E-state index in [1.54, 1.807) is 0 Å². The Morgan fingerprint density at radius 2 is 2.19 bits per heavy atom. The number of amides is 1. The van der Waals surface area contributed by atoms with E-state index in [0.717, 1.165) is 12.0 Å². The Bertz CT molecular complexity index is 347. The van der Waals surface area contributed by atoms with Crippen molar-refractivity contribution < 1.29 is 9.53 Å². The standard InChI is InChI=1S/C12H16N2O2/c13-11(9-4-2-1-3-5-9)12(15)14-10-6-7-16-8-10/h1-5,10-11H,6-8,13H2,(H,14,15)/t10?,11-/m0/s1. The van der Waals surface area contributed by atoms with Crippen LogP contribution in [0, 0.1) is 0 Å². The molecule has 0 aliphatic carbocycles. The summed E-state index contributed by atoms with van der Waals surface area (Å²) in [6.45, 7) is 1.30. The number of nitrogens with one attached hydrogen (secondary N) is 1. The third-order valence-electron chi connectivity index (χ3n) is 2.72. The Kier molecular flexibility index (Phi) is 3.54. The van der Waals surface area contributed by atoms with Gasteiger partial charge in [-0.15, -0.1) is 0 Å². The summed E-state index contributed by atoms with van der Waals surface area (Å²) in [5, 5.41) is 2.89. The van der Waals surface area contributed by atoms with Crippen molar-refractivity contribution in [3.8, 4) is 0 Å². The molecule has 1 unspecified atom stereocenters. The summed E-state index contributed by atoms with van der Waals surface area (Å²) in [5.41, 5.74) is 6.70. The summed E-state index contributed by atoms with van der Waals surface area (Å²) < 4.78 is 5.19. The molecule has 1 fully saturated rings. The molecule has 16 heavy (non-hydrogen) atoms. The minimum atomic E-state index is -0.596. The van der Waals surface area contributed by atoms with Crippen LogP contribution in [0.2, 0.25) is 0 Å². The Hall–Kier alpha value is -1.39. The first-order valence-corrected chi connectivity index (χ1v) is 5.46. The molecule has 1 saturated heterocycles. The molecule has 0 bridgehead atoms. The second kappa shape index (κ2) is 5.09. The van der Waals surface area contributed by atoms with Gasteiger partial charge in [-0.1, -0.05) is 30.3 Å². The van der Waals surface area contributed by atoms with Crippen molar-refractivity contribution in [2.24, 2.45) is 5.73 Å². The molecule has 0 aromatic heterocycles. The van der Waals surface area contributed by atoms with E-state index in [2.05, 4.69) is 5.32 Å². The quantitative estimate of drug-likeness (QED) is 0.783. The maximum atomic E-state index is 11.8. The molecule has 1 aromatic rings. The van der Waals surface area contributed by atoms with Gasteiger partial charge < -0.3 is 15.8 Å². The lowest BCUT2D eigenvalue weighted by Gasteiger charge is -2.15. The third-order valence-corrected chi connectivity index (χ3v) is 2.72. The van der Waals surface area contributed by atoms with E-state index in [1.165, 1.54) is 0 Å². The van der Waals surface area contributed by atoms with Crippen LogP contribution in [0.25, 0.3) is 0 Å². The zero-order chi connectivity index (χ0) is 11.4. The Balaban J connectivity index is 1.94. The molecule has 4 nitrogen and oxygen atoms in total. The van der Waals surface area contributed by atoms with E-state index >= 15 is 0 Å². The first kappa shape index (κ1) is 11.1. The molecule has 86 valence electrons. The number of hydrogen-bond acceptors (Lipinski definition) is 3. The van der Waals surface area contributed by atoms with Crippen LogP contribution in [-0.2, 0) is 9.53 Å². The molecule has 1 aliphatic heterocycles. The van der Waals surface area contributed by atoms with Gasteiger partial charge in [-0.25, -0.2) is 0 Å². The predicted octanol–water partition coefficient (Wildman–Crippen LogP) is 0.591. The summed E-state index contributed by atoms with van der Waals surface area (Å²) in [6, 6.07) is 8.88. The van der Waals surface area contributed by atoms with Gasteiger partial charge in [0.25, 0.3) is 0 Å². The lowest BCUT2D eigenvalue weighted by atomic mass is 10.1. The molecule has 3 N–H and O–H groups in total. The smallest absolute Gasteiger partial charge is 0.241 e. The monoisotopic (exact) mass is 220 g/mol. The zero-order valence-corrected chi connectivity index (χ0v) is 9.06. The number of carbonyl (C=O) groups excluding carboxylic acids is 1. The van der Waals surface area contributed by atoms with Crippen LogP contribution in [-0.4, -0.2) is 25.2 Å². The molecule has 4 heteroatoms. The van der Waals surface area contributed by atoms with Crippen LogP contribution in [0.3, 0.4) is 0 Å². The number of carbonyl (C=O) groups is 1. The summed E-state index contributed by atoms with van der Waals surface area (Å²) in [5.74, 6) is -0.137. The fourth-order valence-electron chi connectivity index (χ4n) is 1.75. The lowest BCUT2D eigenvalue weighted by molar-refractivity contribution is -0.123. The lowest BCUT2D eigenvalue weighted by Crippen LogP contribution is -2.41. The van der Waals surface area contributed by atoms with Crippen LogP contribution < -0.4 is 11.1 Å². The molecule has 1 aliphatic rings. The van der Waals surface area contributed by atoms with E-state index in [4.69, 9.17) is 10.5 Å². The Morgan fingerprint density at radius 3 is 2.81 bits per heavy atom. The minimum Gasteiger partial charge on any atom is -0.379 e. The van der Waals surface area contributed by atoms with Crippen LogP contribution >= 0.6 is 0 Å². The van der Waals surface area contributed by atoms with Crippen molar-refractivity contribution in [2.75, 3.05) is 13.2 Å². The molecule has 0 saturated carbocycles. The average Bonchev–Trinajstić information content (AvgIpc) is 2.82. The van der Waals surface area contributed by atoms with Crippen LogP contribution in [0.1, 0.15) is 18.0 Å².